The smallest absolute Gasteiger partial charge is 0.329 e. The summed E-state index contributed by atoms with van der Waals surface area (Å²) in [7, 11) is 3.44. The largest absolute Gasteiger partial charge is 0.468 e. The molecular formula is C29H37N5O3. The molecule has 0 radical (unpaired) electrons. The van der Waals surface area contributed by atoms with Crippen molar-refractivity contribution in [1.29, 1.82) is 0 Å². The van der Waals surface area contributed by atoms with Crippen LogP contribution in [0.25, 0.3) is 5.69 Å². The van der Waals surface area contributed by atoms with Gasteiger partial charge in [0.2, 0.25) is 0 Å². The molecule has 37 heavy (non-hydrogen) atoms. The molecule has 0 spiro atoms. The zero-order valence-corrected chi connectivity index (χ0v) is 21.8. The number of para-hydroxylation sites is 1. The van der Waals surface area contributed by atoms with Crippen LogP contribution in [-0.2, 0) is 20.7 Å². The highest BCUT2D eigenvalue weighted by Gasteiger charge is 2.40. The molecule has 2 aliphatic rings. The number of benzene rings is 1. The molecule has 1 saturated carbocycles. The van der Waals surface area contributed by atoms with Gasteiger partial charge in [-0.15, -0.1) is 0 Å². The third kappa shape index (κ3) is 5.86. The number of anilines is 1. The van der Waals surface area contributed by atoms with Gasteiger partial charge >= 0.3 is 5.97 Å². The first-order valence-corrected chi connectivity index (χ1v) is 13.3. The summed E-state index contributed by atoms with van der Waals surface area (Å²) in [5.41, 5.74) is 3.05. The fourth-order valence-corrected chi connectivity index (χ4v) is 5.46. The second-order valence-corrected chi connectivity index (χ2v) is 10.1. The zero-order valence-electron chi connectivity index (χ0n) is 21.8. The fraction of sp³-hybridized carbons (Fsp3) is 0.483. The van der Waals surface area contributed by atoms with E-state index in [1.54, 1.807) is 6.20 Å². The maximum atomic E-state index is 12.9. The summed E-state index contributed by atoms with van der Waals surface area (Å²) < 4.78 is 13.2. The van der Waals surface area contributed by atoms with Crippen molar-refractivity contribution in [3.63, 3.8) is 0 Å². The molecule has 8 heteroatoms. The Labute approximate surface area is 219 Å². The molecule has 1 aliphatic carbocycles. The number of nitrogens with one attached hydrogen (secondary N) is 1. The van der Waals surface area contributed by atoms with Crippen LogP contribution >= 0.6 is 0 Å². The number of aryl methyl sites for hydroxylation is 1. The summed E-state index contributed by atoms with van der Waals surface area (Å²) in [5.74, 6) is 0.774. The highest BCUT2D eigenvalue weighted by atomic mass is 16.5. The Morgan fingerprint density at radius 2 is 1.97 bits per heavy atom. The van der Waals surface area contributed by atoms with Crippen LogP contribution in [-0.4, -0.2) is 64.6 Å². The number of ether oxygens (including phenoxy) is 2. The lowest BCUT2D eigenvalue weighted by molar-refractivity contribution is -0.150. The number of hydrogen-bond acceptors (Lipinski definition) is 7. The molecule has 2 aromatic heterocycles. The Hall–Kier alpha value is -3.23. The summed E-state index contributed by atoms with van der Waals surface area (Å²) in [4.78, 5) is 19.4. The molecule has 1 N–H and O–H groups in total. The van der Waals surface area contributed by atoms with Crippen LogP contribution < -0.4 is 5.32 Å². The number of hydrogen-bond donors (Lipinski definition) is 1. The summed E-state index contributed by atoms with van der Waals surface area (Å²) in [6.07, 6.45) is 11.3. The van der Waals surface area contributed by atoms with Crippen molar-refractivity contribution >= 4 is 11.8 Å². The molecule has 3 aromatic rings. The van der Waals surface area contributed by atoms with Crippen molar-refractivity contribution in [2.24, 2.45) is 0 Å². The lowest BCUT2D eigenvalue weighted by Gasteiger charge is -2.43. The highest BCUT2D eigenvalue weighted by Crippen LogP contribution is 2.34. The van der Waals surface area contributed by atoms with Gasteiger partial charge in [0.15, 0.2) is 6.04 Å². The number of nitrogens with zero attached hydrogens (tertiary/aromatic N) is 4. The van der Waals surface area contributed by atoms with E-state index >= 15 is 0 Å². The molecular weight excluding hydrogens is 466 g/mol. The highest BCUT2D eigenvalue weighted by molar-refractivity contribution is 5.77. The van der Waals surface area contributed by atoms with Crippen molar-refractivity contribution < 1.29 is 14.3 Å². The van der Waals surface area contributed by atoms with Crippen LogP contribution in [0.5, 0.6) is 0 Å². The molecule has 3 heterocycles. The van der Waals surface area contributed by atoms with Gasteiger partial charge in [-0.05, 0) is 81.8 Å². The van der Waals surface area contributed by atoms with Gasteiger partial charge in [-0.2, -0.15) is 5.10 Å². The number of carbonyl (C=O) groups excluding carboxylic acids is 1. The van der Waals surface area contributed by atoms with Crippen LogP contribution in [0.3, 0.4) is 0 Å². The van der Waals surface area contributed by atoms with Crippen molar-refractivity contribution in [1.82, 2.24) is 19.7 Å². The molecule has 1 unspecified atom stereocenters. The van der Waals surface area contributed by atoms with Gasteiger partial charge in [0.05, 0.1) is 24.6 Å². The summed E-state index contributed by atoms with van der Waals surface area (Å²) >= 11 is 0. The summed E-state index contributed by atoms with van der Waals surface area (Å²) in [6.45, 7) is 0.782. The maximum absolute atomic E-state index is 12.9. The van der Waals surface area contributed by atoms with Crippen molar-refractivity contribution in [3.05, 3.63) is 72.2 Å². The minimum Gasteiger partial charge on any atom is -0.468 e. The van der Waals surface area contributed by atoms with Gasteiger partial charge in [0.1, 0.15) is 5.82 Å². The van der Waals surface area contributed by atoms with Gasteiger partial charge in [-0.3, -0.25) is 4.90 Å². The third-order valence-electron chi connectivity index (χ3n) is 7.73. The first-order chi connectivity index (χ1) is 18.1. The van der Waals surface area contributed by atoms with E-state index in [-0.39, 0.29) is 18.1 Å². The molecule has 1 aliphatic heterocycles. The van der Waals surface area contributed by atoms with Crippen LogP contribution in [0.1, 0.15) is 55.8 Å². The first kappa shape index (κ1) is 25.4. The number of esters is 1. The van der Waals surface area contributed by atoms with Crippen LogP contribution in [0.4, 0.5) is 5.82 Å². The average Bonchev–Trinajstić information content (AvgIpc) is 3.39. The van der Waals surface area contributed by atoms with Crippen LogP contribution in [0.2, 0.25) is 0 Å². The van der Waals surface area contributed by atoms with E-state index in [0.29, 0.717) is 6.04 Å². The Bertz CT molecular complexity index is 1160. The monoisotopic (exact) mass is 503 g/mol. The molecule has 2 atom stereocenters. The standard InChI is InChI=1S/C29H37N5O3/c1-33(27(29(35)36-2)26-15-17-31-34(26)23-11-4-3-5-12-23)24-19-25(20-24)37-18-7-6-10-22-14-13-21-9-8-16-30-28(21)32-22/h3-5,8-9,11-12,15-17,22,24-25,27H,6-7,10,13-14,18-20H2,1-2H3,(H,30,32)/t22-,24?,25?,27?/m0/s1. The van der Waals surface area contributed by atoms with Gasteiger partial charge in [0, 0.05) is 31.1 Å². The zero-order chi connectivity index (χ0) is 25.6. The third-order valence-corrected chi connectivity index (χ3v) is 7.73. The number of aromatic nitrogens is 3. The van der Waals surface area contributed by atoms with E-state index in [9.17, 15) is 4.79 Å². The van der Waals surface area contributed by atoms with Crippen LogP contribution in [0.15, 0.2) is 60.9 Å². The number of rotatable bonds is 11. The predicted octanol–water partition coefficient (Wildman–Crippen LogP) is 4.56. The van der Waals surface area contributed by atoms with E-state index < -0.39 is 6.04 Å². The molecule has 1 aromatic carbocycles. The minimum atomic E-state index is -0.527. The van der Waals surface area contributed by atoms with Crippen LogP contribution in [0, 0.1) is 0 Å². The molecule has 0 amide bonds. The molecule has 0 bridgehead atoms. The first-order valence-electron chi connectivity index (χ1n) is 13.3. The number of methoxy groups -OCH3 is 1. The van der Waals surface area contributed by atoms with Gasteiger partial charge in [0.25, 0.3) is 0 Å². The topological polar surface area (TPSA) is 81.5 Å². The average molecular weight is 504 g/mol. The Balaban J connectivity index is 1.07. The number of pyridine rings is 1. The lowest BCUT2D eigenvalue weighted by Crippen LogP contribution is -2.49. The van der Waals surface area contributed by atoms with E-state index in [2.05, 4.69) is 26.4 Å². The summed E-state index contributed by atoms with van der Waals surface area (Å²) in [5, 5.41) is 8.06. The SMILES string of the molecule is COC(=O)C(c1ccnn1-c1ccccc1)N(C)C1CC(OCCCC[C@H]2CCc3cccnc3N2)C1. The van der Waals surface area contributed by atoms with E-state index in [4.69, 9.17) is 9.47 Å². The maximum Gasteiger partial charge on any atom is 0.329 e. The minimum absolute atomic E-state index is 0.244. The quantitative estimate of drug-likeness (QED) is 0.303. The molecule has 8 nitrogen and oxygen atoms in total. The molecule has 196 valence electrons. The number of fused-ring (bicyclic) bond motifs is 1. The second kappa shape index (κ2) is 11.9. The van der Waals surface area contributed by atoms with E-state index in [1.807, 2.05) is 60.4 Å². The van der Waals surface area contributed by atoms with Gasteiger partial charge < -0.3 is 14.8 Å². The van der Waals surface area contributed by atoms with Crippen molar-refractivity contribution in [3.8, 4) is 5.69 Å². The lowest BCUT2D eigenvalue weighted by atomic mass is 9.86. The molecule has 0 saturated heterocycles. The van der Waals surface area contributed by atoms with Gasteiger partial charge in [-0.1, -0.05) is 24.3 Å². The van der Waals surface area contributed by atoms with Crippen molar-refractivity contribution in [2.45, 2.75) is 69.2 Å². The van der Waals surface area contributed by atoms with Crippen molar-refractivity contribution in [2.75, 3.05) is 26.1 Å². The Kier molecular flexibility index (Phi) is 8.16. The number of unbranched alkanes of at least 4 members (excludes halogenated alkanes) is 1. The Morgan fingerprint density at radius 1 is 1.14 bits per heavy atom. The summed E-state index contributed by atoms with van der Waals surface area (Å²) in [6, 6.07) is 16.2. The second-order valence-electron chi connectivity index (χ2n) is 10.1. The normalized spacial score (nSPS) is 21.5. The molecule has 1 fully saturated rings. The van der Waals surface area contributed by atoms with E-state index in [1.165, 1.54) is 19.1 Å². The number of likely N-dealkylation sites (N-methyl/N-ethyl adjacent to an activating group) is 1. The van der Waals surface area contributed by atoms with E-state index in [0.717, 1.165) is 62.3 Å². The fourth-order valence-electron chi connectivity index (χ4n) is 5.46. The van der Waals surface area contributed by atoms with Gasteiger partial charge in [-0.25, -0.2) is 14.5 Å². The Morgan fingerprint density at radius 3 is 2.78 bits per heavy atom. The predicted molar refractivity (Wildman–Crippen MR) is 143 cm³/mol. The molecule has 5 rings (SSSR count). The number of carbonyl (C=O) groups is 1.